The van der Waals surface area contributed by atoms with Crippen molar-refractivity contribution in [2.24, 2.45) is 5.73 Å². The molecule has 2 N–H and O–H groups in total. The molecule has 1 aromatic rings. The number of esters is 1. The fourth-order valence-corrected chi connectivity index (χ4v) is 2.30. The van der Waals surface area contributed by atoms with Gasteiger partial charge in [0.2, 0.25) is 0 Å². The van der Waals surface area contributed by atoms with Gasteiger partial charge in [0, 0.05) is 13.0 Å². The van der Waals surface area contributed by atoms with Crippen molar-refractivity contribution in [3.05, 3.63) is 29.3 Å². The molecule has 0 bridgehead atoms. The summed E-state index contributed by atoms with van der Waals surface area (Å²) in [4.78, 5) is 11.3. The molecule has 1 aliphatic rings. The zero-order chi connectivity index (χ0) is 13.7. The summed E-state index contributed by atoms with van der Waals surface area (Å²) in [5, 5.41) is 0. The van der Waals surface area contributed by atoms with Crippen LogP contribution in [-0.2, 0) is 22.4 Å². The minimum atomic E-state index is -0.139. The Morgan fingerprint density at radius 2 is 2.30 bits per heavy atom. The number of fused-ring (bicyclic) bond motifs is 1. The summed E-state index contributed by atoms with van der Waals surface area (Å²) >= 11 is 0. The molecule has 1 aliphatic heterocycles. The lowest BCUT2D eigenvalue weighted by Gasteiger charge is -2.25. The van der Waals surface area contributed by atoms with Crippen molar-refractivity contribution in [3.63, 3.8) is 0 Å². The molecule has 5 heteroatoms. The maximum absolute atomic E-state index is 11.3. The predicted molar refractivity (Wildman–Crippen MR) is 80.4 cm³/mol. The molecule has 0 aromatic heterocycles. The fourth-order valence-electron chi connectivity index (χ4n) is 2.30. The van der Waals surface area contributed by atoms with Crippen molar-refractivity contribution in [2.45, 2.75) is 38.7 Å². The first kappa shape index (κ1) is 16.8. The first-order chi connectivity index (χ1) is 9.22. The lowest BCUT2D eigenvalue weighted by Crippen LogP contribution is -2.30. The van der Waals surface area contributed by atoms with Crippen LogP contribution in [0.15, 0.2) is 18.2 Å². The number of hydrogen-bond donors (Lipinski definition) is 1. The first-order valence-electron chi connectivity index (χ1n) is 6.87. The second kappa shape index (κ2) is 8.12. The number of nitrogens with two attached hydrogens (primary N) is 1. The third-order valence-corrected chi connectivity index (χ3v) is 3.34. The van der Waals surface area contributed by atoms with Crippen molar-refractivity contribution >= 4 is 18.4 Å². The molecule has 0 saturated heterocycles. The molecule has 0 spiro atoms. The van der Waals surface area contributed by atoms with Gasteiger partial charge in [0.15, 0.2) is 0 Å². The average molecular weight is 300 g/mol. The van der Waals surface area contributed by atoms with Crippen molar-refractivity contribution in [3.8, 4) is 5.75 Å². The molecular formula is C15H22ClNO3. The number of benzene rings is 1. The van der Waals surface area contributed by atoms with Crippen molar-refractivity contribution < 1.29 is 14.3 Å². The van der Waals surface area contributed by atoms with Crippen LogP contribution in [0.3, 0.4) is 0 Å². The molecule has 0 amide bonds. The Balaban J connectivity index is 0.00000200. The van der Waals surface area contributed by atoms with Gasteiger partial charge >= 0.3 is 5.97 Å². The van der Waals surface area contributed by atoms with E-state index in [9.17, 15) is 4.79 Å². The standard InChI is InChI=1S/C15H21NO3.ClH/c1-2-18-15(17)8-4-11-3-7-14-12(9-11)5-6-13(10-16)19-14;/h3,7,9,13H,2,4-6,8,10,16H2,1H3;1H. The number of rotatable bonds is 5. The highest BCUT2D eigenvalue weighted by Crippen LogP contribution is 2.28. The van der Waals surface area contributed by atoms with E-state index < -0.39 is 0 Å². The van der Waals surface area contributed by atoms with Crippen molar-refractivity contribution in [1.82, 2.24) is 0 Å². The van der Waals surface area contributed by atoms with Gasteiger partial charge in [0.25, 0.3) is 0 Å². The molecule has 0 fully saturated rings. The van der Waals surface area contributed by atoms with Gasteiger partial charge in [0.05, 0.1) is 6.61 Å². The molecular weight excluding hydrogens is 278 g/mol. The van der Waals surface area contributed by atoms with Gasteiger partial charge in [-0.25, -0.2) is 0 Å². The summed E-state index contributed by atoms with van der Waals surface area (Å²) in [6, 6.07) is 6.12. The Labute approximate surface area is 126 Å². The largest absolute Gasteiger partial charge is 0.489 e. The average Bonchev–Trinajstić information content (AvgIpc) is 2.44. The van der Waals surface area contributed by atoms with Gasteiger partial charge in [-0.05, 0) is 43.4 Å². The zero-order valence-electron chi connectivity index (χ0n) is 11.8. The van der Waals surface area contributed by atoms with Gasteiger partial charge < -0.3 is 15.2 Å². The maximum Gasteiger partial charge on any atom is 0.306 e. The lowest BCUT2D eigenvalue weighted by molar-refractivity contribution is -0.143. The van der Waals surface area contributed by atoms with E-state index in [0.29, 0.717) is 26.0 Å². The number of aryl methyl sites for hydroxylation is 2. The Hall–Kier alpha value is -1.26. The quantitative estimate of drug-likeness (QED) is 0.847. The number of halogens is 1. The van der Waals surface area contributed by atoms with E-state index in [1.54, 1.807) is 0 Å². The Bertz CT molecular complexity index is 451. The summed E-state index contributed by atoms with van der Waals surface area (Å²) in [7, 11) is 0. The van der Waals surface area contributed by atoms with Crippen LogP contribution >= 0.6 is 12.4 Å². The number of carbonyl (C=O) groups is 1. The molecule has 20 heavy (non-hydrogen) atoms. The van der Waals surface area contributed by atoms with E-state index in [-0.39, 0.29) is 24.5 Å². The van der Waals surface area contributed by atoms with Gasteiger partial charge in [0.1, 0.15) is 11.9 Å². The highest BCUT2D eigenvalue weighted by Gasteiger charge is 2.18. The molecule has 2 rings (SSSR count). The molecule has 1 unspecified atom stereocenters. The number of carbonyl (C=O) groups excluding carboxylic acids is 1. The van der Waals surface area contributed by atoms with Gasteiger partial charge in [-0.3, -0.25) is 4.79 Å². The molecule has 1 atom stereocenters. The molecule has 4 nitrogen and oxygen atoms in total. The van der Waals surface area contributed by atoms with Crippen LogP contribution in [0.5, 0.6) is 5.75 Å². The van der Waals surface area contributed by atoms with Crippen LogP contribution < -0.4 is 10.5 Å². The first-order valence-corrected chi connectivity index (χ1v) is 6.87. The van der Waals surface area contributed by atoms with Crippen LogP contribution in [-0.4, -0.2) is 25.2 Å². The molecule has 1 heterocycles. The van der Waals surface area contributed by atoms with Crippen molar-refractivity contribution in [2.75, 3.05) is 13.2 Å². The summed E-state index contributed by atoms with van der Waals surface area (Å²) in [5.74, 6) is 0.793. The normalized spacial score (nSPS) is 16.6. The lowest BCUT2D eigenvalue weighted by atomic mass is 9.98. The second-order valence-corrected chi connectivity index (χ2v) is 4.76. The van der Waals surface area contributed by atoms with Crippen LogP contribution in [0.4, 0.5) is 0 Å². The Morgan fingerprint density at radius 1 is 1.50 bits per heavy atom. The Morgan fingerprint density at radius 3 is 3.00 bits per heavy atom. The maximum atomic E-state index is 11.3. The summed E-state index contributed by atoms with van der Waals surface area (Å²) in [5.41, 5.74) is 7.99. The van der Waals surface area contributed by atoms with E-state index in [1.807, 2.05) is 19.1 Å². The minimum Gasteiger partial charge on any atom is -0.489 e. The van der Waals surface area contributed by atoms with E-state index >= 15 is 0 Å². The summed E-state index contributed by atoms with van der Waals surface area (Å²) in [6.07, 6.45) is 3.23. The number of ether oxygens (including phenoxy) is 2. The topological polar surface area (TPSA) is 61.5 Å². The SMILES string of the molecule is CCOC(=O)CCc1ccc2c(c1)CCC(CN)O2.Cl. The number of hydrogen-bond acceptors (Lipinski definition) is 4. The highest BCUT2D eigenvalue weighted by molar-refractivity contribution is 5.85. The predicted octanol–water partition coefficient (Wildman–Crippen LogP) is 2.26. The fraction of sp³-hybridized carbons (Fsp3) is 0.533. The Kier molecular flexibility index (Phi) is 6.82. The molecule has 1 aromatic carbocycles. The molecule has 0 radical (unpaired) electrons. The zero-order valence-corrected chi connectivity index (χ0v) is 12.6. The molecule has 112 valence electrons. The third kappa shape index (κ3) is 4.39. The van der Waals surface area contributed by atoms with Crippen LogP contribution in [0.25, 0.3) is 0 Å². The smallest absolute Gasteiger partial charge is 0.306 e. The van der Waals surface area contributed by atoms with Crippen LogP contribution in [0.1, 0.15) is 30.9 Å². The molecule has 0 aliphatic carbocycles. The van der Waals surface area contributed by atoms with Gasteiger partial charge in [-0.1, -0.05) is 12.1 Å². The summed E-state index contributed by atoms with van der Waals surface area (Å²) < 4.78 is 10.7. The minimum absolute atomic E-state index is 0. The third-order valence-electron chi connectivity index (χ3n) is 3.34. The van der Waals surface area contributed by atoms with Crippen molar-refractivity contribution in [1.29, 1.82) is 0 Å². The van der Waals surface area contributed by atoms with Gasteiger partial charge in [-0.2, -0.15) is 0 Å². The second-order valence-electron chi connectivity index (χ2n) is 4.76. The van der Waals surface area contributed by atoms with E-state index in [1.165, 1.54) is 5.56 Å². The molecule has 0 saturated carbocycles. The summed E-state index contributed by atoms with van der Waals surface area (Å²) in [6.45, 7) is 2.82. The highest BCUT2D eigenvalue weighted by atomic mass is 35.5. The van der Waals surface area contributed by atoms with E-state index in [4.69, 9.17) is 15.2 Å². The monoisotopic (exact) mass is 299 g/mol. The van der Waals surface area contributed by atoms with E-state index in [2.05, 4.69) is 6.07 Å². The van der Waals surface area contributed by atoms with Crippen LogP contribution in [0.2, 0.25) is 0 Å². The van der Waals surface area contributed by atoms with E-state index in [0.717, 1.165) is 24.2 Å². The van der Waals surface area contributed by atoms with Gasteiger partial charge in [-0.15, -0.1) is 12.4 Å². The van der Waals surface area contributed by atoms with Crippen LogP contribution in [0, 0.1) is 0 Å².